The summed E-state index contributed by atoms with van der Waals surface area (Å²) in [5, 5.41) is 5.06. The number of carbonyl (C=O) groups is 1. The molecule has 0 bridgehead atoms. The number of allylic oxidation sites excluding steroid dienone is 1. The SMILES string of the molecule is O=C(N/C=C/C1CCCCC1)Nc1ccc(C(F)(F)F)cc1. The van der Waals surface area contributed by atoms with Crippen LogP contribution in [0.5, 0.6) is 0 Å². The zero-order valence-electron chi connectivity index (χ0n) is 12.1. The molecular formula is C16H19F3N2O. The molecule has 22 heavy (non-hydrogen) atoms. The topological polar surface area (TPSA) is 41.1 Å². The number of amides is 2. The monoisotopic (exact) mass is 312 g/mol. The van der Waals surface area contributed by atoms with Crippen LogP contribution in [-0.2, 0) is 6.18 Å². The maximum atomic E-state index is 12.4. The van der Waals surface area contributed by atoms with Crippen LogP contribution >= 0.6 is 0 Å². The smallest absolute Gasteiger partial charge is 0.315 e. The minimum absolute atomic E-state index is 0.316. The minimum atomic E-state index is -4.37. The largest absolute Gasteiger partial charge is 0.416 e. The van der Waals surface area contributed by atoms with Gasteiger partial charge in [-0.1, -0.05) is 25.3 Å². The summed E-state index contributed by atoms with van der Waals surface area (Å²) in [7, 11) is 0. The third-order valence-electron chi connectivity index (χ3n) is 3.70. The first kappa shape index (κ1) is 16.4. The van der Waals surface area contributed by atoms with Crippen LogP contribution in [0.25, 0.3) is 0 Å². The first-order chi connectivity index (χ1) is 10.4. The summed E-state index contributed by atoms with van der Waals surface area (Å²) in [6.07, 6.45) is 5.19. The predicted molar refractivity (Wildman–Crippen MR) is 79.3 cm³/mol. The van der Waals surface area contributed by atoms with Crippen molar-refractivity contribution in [1.29, 1.82) is 0 Å². The number of anilines is 1. The van der Waals surface area contributed by atoms with E-state index in [2.05, 4.69) is 10.6 Å². The van der Waals surface area contributed by atoms with Crippen molar-refractivity contribution in [3.63, 3.8) is 0 Å². The zero-order chi connectivity index (χ0) is 16.0. The van der Waals surface area contributed by atoms with Gasteiger partial charge in [0.1, 0.15) is 0 Å². The first-order valence-corrected chi connectivity index (χ1v) is 7.36. The van der Waals surface area contributed by atoms with Gasteiger partial charge in [0.15, 0.2) is 0 Å². The van der Waals surface area contributed by atoms with E-state index in [-0.39, 0.29) is 0 Å². The molecule has 0 aliphatic heterocycles. The summed E-state index contributed by atoms with van der Waals surface area (Å²) in [5.74, 6) is 0.500. The highest BCUT2D eigenvalue weighted by molar-refractivity contribution is 5.89. The van der Waals surface area contributed by atoms with Gasteiger partial charge in [0.2, 0.25) is 0 Å². The molecule has 6 heteroatoms. The van der Waals surface area contributed by atoms with Gasteiger partial charge in [0.25, 0.3) is 0 Å². The maximum absolute atomic E-state index is 12.4. The van der Waals surface area contributed by atoms with E-state index < -0.39 is 17.8 Å². The number of benzene rings is 1. The number of hydrogen-bond donors (Lipinski definition) is 2. The van der Waals surface area contributed by atoms with Crippen LogP contribution in [0, 0.1) is 5.92 Å². The molecule has 0 spiro atoms. The van der Waals surface area contributed by atoms with E-state index in [1.165, 1.54) is 31.4 Å². The van der Waals surface area contributed by atoms with Crippen LogP contribution in [0.4, 0.5) is 23.7 Å². The molecule has 3 nitrogen and oxygen atoms in total. The van der Waals surface area contributed by atoms with Crippen molar-refractivity contribution in [3.05, 3.63) is 42.1 Å². The first-order valence-electron chi connectivity index (χ1n) is 7.36. The molecule has 0 heterocycles. The van der Waals surface area contributed by atoms with E-state index in [0.717, 1.165) is 25.0 Å². The lowest BCUT2D eigenvalue weighted by Crippen LogP contribution is -2.24. The summed E-state index contributed by atoms with van der Waals surface area (Å²) in [4.78, 5) is 11.6. The summed E-state index contributed by atoms with van der Waals surface area (Å²) in [6.45, 7) is 0. The van der Waals surface area contributed by atoms with Crippen molar-refractivity contribution >= 4 is 11.7 Å². The van der Waals surface area contributed by atoms with Crippen LogP contribution in [0.2, 0.25) is 0 Å². The molecular weight excluding hydrogens is 293 g/mol. The molecule has 2 rings (SSSR count). The molecule has 2 amide bonds. The Labute approximate surface area is 127 Å². The van der Waals surface area contributed by atoms with Gasteiger partial charge in [-0.3, -0.25) is 0 Å². The average molecular weight is 312 g/mol. The summed E-state index contributed by atoms with van der Waals surface area (Å²) in [5.41, 5.74) is -0.424. The van der Waals surface area contributed by atoms with E-state index in [1.807, 2.05) is 6.08 Å². The van der Waals surface area contributed by atoms with Crippen molar-refractivity contribution in [1.82, 2.24) is 5.32 Å². The van der Waals surface area contributed by atoms with Gasteiger partial charge in [-0.05, 0) is 43.0 Å². The van der Waals surface area contributed by atoms with E-state index in [0.29, 0.717) is 11.6 Å². The summed E-state index contributed by atoms with van der Waals surface area (Å²) >= 11 is 0. The Morgan fingerprint density at radius 1 is 1.09 bits per heavy atom. The molecule has 2 N–H and O–H groups in total. The Morgan fingerprint density at radius 3 is 2.32 bits per heavy atom. The molecule has 0 unspecified atom stereocenters. The van der Waals surface area contributed by atoms with Gasteiger partial charge in [0, 0.05) is 11.9 Å². The number of carbonyl (C=O) groups excluding carboxylic acids is 1. The van der Waals surface area contributed by atoms with Crippen LogP contribution in [0.1, 0.15) is 37.7 Å². The average Bonchev–Trinajstić information content (AvgIpc) is 2.48. The maximum Gasteiger partial charge on any atom is 0.416 e. The van der Waals surface area contributed by atoms with Gasteiger partial charge in [0.05, 0.1) is 5.56 Å². The van der Waals surface area contributed by atoms with Gasteiger partial charge >= 0.3 is 12.2 Å². The highest BCUT2D eigenvalue weighted by Gasteiger charge is 2.29. The van der Waals surface area contributed by atoms with Gasteiger partial charge < -0.3 is 10.6 Å². The second kappa shape index (κ2) is 7.33. The molecule has 1 aromatic rings. The lowest BCUT2D eigenvalue weighted by atomic mass is 9.89. The van der Waals surface area contributed by atoms with Crippen molar-refractivity contribution in [2.24, 2.45) is 5.92 Å². The number of nitrogens with one attached hydrogen (secondary N) is 2. The molecule has 1 saturated carbocycles. The fourth-order valence-electron chi connectivity index (χ4n) is 2.50. The lowest BCUT2D eigenvalue weighted by Gasteiger charge is -2.17. The summed E-state index contributed by atoms with van der Waals surface area (Å²) < 4.78 is 37.2. The second-order valence-corrected chi connectivity index (χ2v) is 5.43. The zero-order valence-corrected chi connectivity index (χ0v) is 12.1. The molecule has 0 radical (unpaired) electrons. The Balaban J connectivity index is 1.80. The Kier molecular flexibility index (Phi) is 5.46. The standard InChI is InChI=1S/C16H19F3N2O/c17-16(18,19)13-6-8-14(9-7-13)21-15(22)20-11-10-12-4-2-1-3-5-12/h6-12H,1-5H2,(H2,20,21,22)/b11-10+. The van der Waals surface area contributed by atoms with Crippen molar-refractivity contribution in [3.8, 4) is 0 Å². The number of halogens is 3. The number of urea groups is 1. The molecule has 1 aliphatic rings. The molecule has 120 valence electrons. The predicted octanol–water partition coefficient (Wildman–Crippen LogP) is 4.92. The van der Waals surface area contributed by atoms with Crippen LogP contribution in [-0.4, -0.2) is 6.03 Å². The second-order valence-electron chi connectivity index (χ2n) is 5.43. The van der Waals surface area contributed by atoms with E-state index in [1.54, 1.807) is 6.20 Å². The molecule has 1 fully saturated rings. The minimum Gasteiger partial charge on any atom is -0.315 e. The van der Waals surface area contributed by atoms with Crippen LogP contribution in [0.3, 0.4) is 0 Å². The van der Waals surface area contributed by atoms with E-state index >= 15 is 0 Å². The normalized spacial score (nSPS) is 16.7. The Hall–Kier alpha value is -1.98. The molecule has 0 aromatic heterocycles. The van der Waals surface area contributed by atoms with Gasteiger partial charge in [-0.15, -0.1) is 0 Å². The highest BCUT2D eigenvalue weighted by Crippen LogP contribution is 2.29. The van der Waals surface area contributed by atoms with Gasteiger partial charge in [-0.25, -0.2) is 4.79 Å². The number of hydrogen-bond acceptors (Lipinski definition) is 1. The highest BCUT2D eigenvalue weighted by atomic mass is 19.4. The Bertz CT molecular complexity index is 517. The quantitative estimate of drug-likeness (QED) is 0.817. The third kappa shape index (κ3) is 5.09. The van der Waals surface area contributed by atoms with Crippen molar-refractivity contribution < 1.29 is 18.0 Å². The Morgan fingerprint density at radius 2 is 1.73 bits per heavy atom. The number of alkyl halides is 3. The molecule has 0 saturated heterocycles. The third-order valence-corrected chi connectivity index (χ3v) is 3.70. The molecule has 0 atom stereocenters. The van der Waals surface area contributed by atoms with Crippen LogP contribution < -0.4 is 10.6 Å². The number of rotatable bonds is 3. The van der Waals surface area contributed by atoms with Crippen molar-refractivity contribution in [2.45, 2.75) is 38.3 Å². The summed E-state index contributed by atoms with van der Waals surface area (Å²) in [6, 6.07) is 3.87. The molecule has 1 aliphatic carbocycles. The van der Waals surface area contributed by atoms with Gasteiger partial charge in [-0.2, -0.15) is 13.2 Å². The van der Waals surface area contributed by atoms with Crippen LogP contribution in [0.15, 0.2) is 36.5 Å². The molecule has 1 aromatic carbocycles. The lowest BCUT2D eigenvalue weighted by molar-refractivity contribution is -0.137. The van der Waals surface area contributed by atoms with E-state index in [9.17, 15) is 18.0 Å². The van der Waals surface area contributed by atoms with Crippen molar-refractivity contribution in [2.75, 3.05) is 5.32 Å². The fourth-order valence-corrected chi connectivity index (χ4v) is 2.50. The fraction of sp³-hybridized carbons (Fsp3) is 0.438. The van der Waals surface area contributed by atoms with E-state index in [4.69, 9.17) is 0 Å².